The SMILES string of the molecule is CCC[n+]1cc(C(O)c2ccccc2C(=O)O)n(C)c1. The van der Waals surface area contributed by atoms with E-state index in [-0.39, 0.29) is 5.56 Å². The maximum Gasteiger partial charge on any atom is 0.336 e. The van der Waals surface area contributed by atoms with E-state index < -0.39 is 12.1 Å². The number of aromatic carboxylic acids is 1. The molecule has 5 heteroatoms. The average molecular weight is 275 g/mol. The Morgan fingerprint density at radius 1 is 1.40 bits per heavy atom. The van der Waals surface area contributed by atoms with Gasteiger partial charge in [0, 0.05) is 5.56 Å². The van der Waals surface area contributed by atoms with Gasteiger partial charge < -0.3 is 10.2 Å². The molecule has 2 rings (SSSR count). The van der Waals surface area contributed by atoms with Crippen LogP contribution in [0.5, 0.6) is 0 Å². The Balaban J connectivity index is 2.41. The average Bonchev–Trinajstić information content (AvgIpc) is 2.79. The Morgan fingerprint density at radius 2 is 2.10 bits per heavy atom. The number of hydrogen-bond donors (Lipinski definition) is 2. The number of imidazole rings is 1. The van der Waals surface area contributed by atoms with Crippen LogP contribution in [0.2, 0.25) is 0 Å². The van der Waals surface area contributed by atoms with Crippen molar-refractivity contribution in [2.24, 2.45) is 7.05 Å². The summed E-state index contributed by atoms with van der Waals surface area (Å²) >= 11 is 0. The summed E-state index contributed by atoms with van der Waals surface area (Å²) in [4.78, 5) is 11.2. The maximum atomic E-state index is 11.2. The maximum absolute atomic E-state index is 11.2. The molecule has 0 aliphatic carbocycles. The van der Waals surface area contributed by atoms with Gasteiger partial charge in [-0.05, 0) is 12.5 Å². The lowest BCUT2D eigenvalue weighted by molar-refractivity contribution is -0.696. The van der Waals surface area contributed by atoms with E-state index in [0.717, 1.165) is 13.0 Å². The molecule has 5 nitrogen and oxygen atoms in total. The number of carboxylic acids is 1. The van der Waals surface area contributed by atoms with Crippen LogP contribution in [0.25, 0.3) is 0 Å². The lowest BCUT2D eigenvalue weighted by Gasteiger charge is -2.10. The second kappa shape index (κ2) is 5.88. The molecule has 0 aliphatic heterocycles. The summed E-state index contributed by atoms with van der Waals surface area (Å²) in [5.74, 6) is -1.03. The normalized spacial score (nSPS) is 12.3. The molecule has 0 saturated carbocycles. The first kappa shape index (κ1) is 14.3. The zero-order valence-electron chi connectivity index (χ0n) is 11.7. The Labute approximate surface area is 117 Å². The van der Waals surface area contributed by atoms with Crippen LogP contribution in [0, 0.1) is 0 Å². The first-order chi connectivity index (χ1) is 9.54. The molecule has 0 saturated heterocycles. The Kier molecular flexibility index (Phi) is 4.20. The van der Waals surface area contributed by atoms with Crippen LogP contribution in [0.3, 0.4) is 0 Å². The first-order valence-corrected chi connectivity index (χ1v) is 6.60. The fraction of sp³-hybridized carbons (Fsp3) is 0.333. The van der Waals surface area contributed by atoms with Crippen molar-refractivity contribution < 1.29 is 19.6 Å². The topological polar surface area (TPSA) is 66.3 Å². The molecular formula is C15H19N2O3+. The van der Waals surface area contributed by atoms with Crippen LogP contribution >= 0.6 is 0 Å². The van der Waals surface area contributed by atoms with E-state index in [2.05, 4.69) is 6.92 Å². The Bertz CT molecular complexity index is 619. The molecule has 1 aromatic carbocycles. The van der Waals surface area contributed by atoms with E-state index in [1.165, 1.54) is 6.07 Å². The predicted octanol–water partition coefficient (Wildman–Crippen LogP) is 1.50. The van der Waals surface area contributed by atoms with Crippen molar-refractivity contribution in [1.82, 2.24) is 4.57 Å². The van der Waals surface area contributed by atoms with Crippen molar-refractivity contribution in [3.05, 3.63) is 53.6 Å². The number of carboxylic acid groups (broad SMARTS) is 1. The van der Waals surface area contributed by atoms with Gasteiger partial charge in [0.2, 0.25) is 6.33 Å². The van der Waals surface area contributed by atoms with E-state index >= 15 is 0 Å². The number of aliphatic hydroxyl groups is 1. The van der Waals surface area contributed by atoms with E-state index in [1.807, 2.05) is 28.7 Å². The fourth-order valence-electron chi connectivity index (χ4n) is 2.32. The van der Waals surface area contributed by atoms with Crippen LogP contribution in [0.15, 0.2) is 36.8 Å². The summed E-state index contributed by atoms with van der Waals surface area (Å²) in [6.07, 6.45) is 3.79. The standard InChI is InChI=1S/C15H18N2O3/c1-3-8-17-9-13(16(2)10-17)14(18)11-6-4-5-7-12(11)15(19)20/h4-7,9-10,14,18H,3,8H2,1-2H3/p+1. The summed E-state index contributed by atoms with van der Waals surface area (Å²) < 4.78 is 3.81. The quantitative estimate of drug-likeness (QED) is 0.813. The molecule has 0 radical (unpaired) electrons. The minimum atomic E-state index is -1.03. The number of aryl methyl sites for hydroxylation is 2. The van der Waals surface area contributed by atoms with Gasteiger partial charge in [-0.15, -0.1) is 0 Å². The van der Waals surface area contributed by atoms with Gasteiger partial charge in [-0.25, -0.2) is 13.9 Å². The highest BCUT2D eigenvalue weighted by atomic mass is 16.4. The van der Waals surface area contributed by atoms with Crippen molar-refractivity contribution in [3.8, 4) is 0 Å². The Morgan fingerprint density at radius 3 is 2.75 bits per heavy atom. The molecule has 1 atom stereocenters. The molecule has 2 N–H and O–H groups in total. The summed E-state index contributed by atoms with van der Waals surface area (Å²) in [6.45, 7) is 2.94. The molecule has 0 fully saturated rings. The molecule has 0 aliphatic rings. The number of nitrogens with zero attached hydrogens (tertiary/aromatic N) is 2. The summed E-state index contributed by atoms with van der Waals surface area (Å²) in [7, 11) is 1.84. The van der Waals surface area contributed by atoms with Crippen LogP contribution in [-0.4, -0.2) is 20.7 Å². The molecule has 1 unspecified atom stereocenters. The number of benzene rings is 1. The minimum absolute atomic E-state index is 0.128. The summed E-state index contributed by atoms with van der Waals surface area (Å²) in [6, 6.07) is 6.53. The second-order valence-electron chi connectivity index (χ2n) is 4.81. The summed E-state index contributed by atoms with van der Waals surface area (Å²) in [5, 5.41) is 19.7. The highest BCUT2D eigenvalue weighted by Gasteiger charge is 2.24. The van der Waals surface area contributed by atoms with Gasteiger partial charge in [0.15, 0.2) is 5.69 Å². The molecule has 106 valence electrons. The van der Waals surface area contributed by atoms with Crippen molar-refractivity contribution in [2.45, 2.75) is 26.0 Å². The molecule has 2 aromatic rings. The van der Waals surface area contributed by atoms with E-state index in [1.54, 1.807) is 18.2 Å². The van der Waals surface area contributed by atoms with Crippen LogP contribution in [0.4, 0.5) is 0 Å². The molecule has 20 heavy (non-hydrogen) atoms. The largest absolute Gasteiger partial charge is 0.478 e. The van der Waals surface area contributed by atoms with Gasteiger partial charge in [0.25, 0.3) is 0 Å². The first-order valence-electron chi connectivity index (χ1n) is 6.60. The van der Waals surface area contributed by atoms with Crippen LogP contribution in [0.1, 0.15) is 41.1 Å². The molecule has 1 aromatic heterocycles. The van der Waals surface area contributed by atoms with E-state index in [4.69, 9.17) is 0 Å². The zero-order chi connectivity index (χ0) is 14.7. The highest BCUT2D eigenvalue weighted by Crippen LogP contribution is 2.24. The highest BCUT2D eigenvalue weighted by molar-refractivity contribution is 5.89. The third kappa shape index (κ3) is 2.72. The van der Waals surface area contributed by atoms with Crippen molar-refractivity contribution >= 4 is 5.97 Å². The van der Waals surface area contributed by atoms with Crippen LogP contribution in [-0.2, 0) is 13.6 Å². The molecular weight excluding hydrogens is 256 g/mol. The lowest BCUT2D eigenvalue weighted by Crippen LogP contribution is -2.30. The second-order valence-corrected chi connectivity index (χ2v) is 4.81. The number of carbonyl (C=O) groups is 1. The van der Waals surface area contributed by atoms with Crippen molar-refractivity contribution in [1.29, 1.82) is 0 Å². The lowest BCUT2D eigenvalue weighted by atomic mass is 10.0. The minimum Gasteiger partial charge on any atom is -0.478 e. The molecule has 0 bridgehead atoms. The summed E-state index contributed by atoms with van der Waals surface area (Å²) in [5.41, 5.74) is 1.21. The molecule has 0 spiro atoms. The van der Waals surface area contributed by atoms with Gasteiger partial charge in [-0.3, -0.25) is 0 Å². The van der Waals surface area contributed by atoms with Gasteiger partial charge >= 0.3 is 5.97 Å². The number of hydrogen-bond acceptors (Lipinski definition) is 2. The number of aliphatic hydroxyl groups excluding tert-OH is 1. The van der Waals surface area contributed by atoms with Gasteiger partial charge in [0.05, 0.1) is 19.2 Å². The van der Waals surface area contributed by atoms with Crippen molar-refractivity contribution in [2.75, 3.05) is 0 Å². The number of rotatable bonds is 5. The Hall–Kier alpha value is -2.14. The van der Waals surface area contributed by atoms with E-state index in [9.17, 15) is 15.0 Å². The smallest absolute Gasteiger partial charge is 0.336 e. The monoisotopic (exact) mass is 275 g/mol. The third-order valence-electron chi connectivity index (χ3n) is 3.27. The zero-order valence-corrected chi connectivity index (χ0v) is 11.7. The van der Waals surface area contributed by atoms with Gasteiger partial charge in [-0.1, -0.05) is 25.1 Å². The van der Waals surface area contributed by atoms with Crippen LogP contribution < -0.4 is 4.57 Å². The van der Waals surface area contributed by atoms with E-state index in [0.29, 0.717) is 11.3 Å². The predicted molar refractivity (Wildman–Crippen MR) is 73.4 cm³/mol. The molecule has 1 heterocycles. The molecule has 0 amide bonds. The van der Waals surface area contributed by atoms with Crippen molar-refractivity contribution in [3.63, 3.8) is 0 Å². The van der Waals surface area contributed by atoms with Gasteiger partial charge in [-0.2, -0.15) is 0 Å². The number of aromatic nitrogens is 2. The fourth-order valence-corrected chi connectivity index (χ4v) is 2.32. The third-order valence-corrected chi connectivity index (χ3v) is 3.27. The van der Waals surface area contributed by atoms with Gasteiger partial charge in [0.1, 0.15) is 12.3 Å².